The third-order valence-electron chi connectivity index (χ3n) is 2.52. The summed E-state index contributed by atoms with van der Waals surface area (Å²) in [5.74, 6) is -0.928. The third-order valence-corrected chi connectivity index (χ3v) is 2.52. The predicted octanol–water partition coefficient (Wildman–Crippen LogP) is 0.385. The summed E-state index contributed by atoms with van der Waals surface area (Å²) in [7, 11) is 0. The summed E-state index contributed by atoms with van der Waals surface area (Å²) in [5.41, 5.74) is -0.0788. The van der Waals surface area contributed by atoms with Crippen LogP contribution in [0.25, 0.3) is 0 Å². The van der Waals surface area contributed by atoms with Gasteiger partial charge in [-0.25, -0.2) is 4.98 Å². The minimum Gasteiger partial charge on any atom is -0.505 e. The standard InChI is InChI=1S/C12H17N3O3/c1-3-15(4-2)10(17)8-14-12(18)11-9(16)6-5-7-13-11/h5-7,16H,3-4,8H2,1-2H3,(H,14,18). The molecule has 1 heterocycles. The maximum atomic E-state index is 11.7. The highest BCUT2D eigenvalue weighted by Gasteiger charge is 2.15. The molecule has 0 atom stereocenters. The second-order valence-corrected chi connectivity index (χ2v) is 3.62. The van der Waals surface area contributed by atoms with Gasteiger partial charge in [0.15, 0.2) is 5.69 Å². The van der Waals surface area contributed by atoms with Crippen molar-refractivity contribution in [3.63, 3.8) is 0 Å². The van der Waals surface area contributed by atoms with E-state index in [2.05, 4.69) is 10.3 Å². The van der Waals surface area contributed by atoms with Crippen molar-refractivity contribution >= 4 is 11.8 Å². The molecule has 2 amide bonds. The van der Waals surface area contributed by atoms with Crippen LogP contribution in [0.15, 0.2) is 18.3 Å². The lowest BCUT2D eigenvalue weighted by molar-refractivity contribution is -0.129. The molecule has 0 bridgehead atoms. The van der Waals surface area contributed by atoms with Gasteiger partial charge in [-0.15, -0.1) is 0 Å². The summed E-state index contributed by atoms with van der Waals surface area (Å²) in [6.07, 6.45) is 1.40. The molecule has 1 aromatic heterocycles. The summed E-state index contributed by atoms with van der Waals surface area (Å²) in [4.78, 5) is 28.7. The van der Waals surface area contributed by atoms with Gasteiger partial charge in [0.25, 0.3) is 5.91 Å². The Labute approximate surface area is 106 Å². The molecule has 0 saturated heterocycles. The molecule has 2 N–H and O–H groups in total. The smallest absolute Gasteiger partial charge is 0.274 e. The second kappa shape index (κ2) is 6.58. The van der Waals surface area contributed by atoms with Crippen molar-refractivity contribution in [2.75, 3.05) is 19.6 Å². The van der Waals surface area contributed by atoms with Gasteiger partial charge in [-0.1, -0.05) is 0 Å². The van der Waals surface area contributed by atoms with Gasteiger partial charge < -0.3 is 15.3 Å². The zero-order valence-electron chi connectivity index (χ0n) is 10.5. The van der Waals surface area contributed by atoms with E-state index in [0.717, 1.165) is 0 Å². The zero-order chi connectivity index (χ0) is 13.5. The molecule has 0 saturated carbocycles. The number of hydrogen-bond acceptors (Lipinski definition) is 4. The molecule has 0 aliphatic heterocycles. The van der Waals surface area contributed by atoms with Crippen LogP contribution < -0.4 is 5.32 Å². The van der Waals surface area contributed by atoms with E-state index in [0.29, 0.717) is 13.1 Å². The van der Waals surface area contributed by atoms with Gasteiger partial charge in [0, 0.05) is 19.3 Å². The summed E-state index contributed by atoms with van der Waals surface area (Å²) in [6.45, 7) is 4.83. The Morgan fingerprint density at radius 2 is 2.06 bits per heavy atom. The van der Waals surface area contributed by atoms with Gasteiger partial charge in [0.2, 0.25) is 5.91 Å². The molecule has 0 radical (unpaired) electrons. The first-order chi connectivity index (χ1) is 8.60. The zero-order valence-corrected chi connectivity index (χ0v) is 10.5. The highest BCUT2D eigenvalue weighted by atomic mass is 16.3. The Morgan fingerprint density at radius 3 is 2.61 bits per heavy atom. The lowest BCUT2D eigenvalue weighted by atomic mass is 10.3. The third kappa shape index (κ3) is 3.44. The van der Waals surface area contributed by atoms with E-state index in [4.69, 9.17) is 0 Å². The Balaban J connectivity index is 2.57. The maximum absolute atomic E-state index is 11.7. The number of rotatable bonds is 5. The molecule has 0 fully saturated rings. The first-order valence-electron chi connectivity index (χ1n) is 5.80. The molecule has 0 aromatic carbocycles. The minimum absolute atomic E-state index is 0.0788. The van der Waals surface area contributed by atoms with Crippen molar-refractivity contribution in [2.45, 2.75) is 13.8 Å². The summed E-state index contributed by atoms with van der Waals surface area (Å²) < 4.78 is 0. The monoisotopic (exact) mass is 251 g/mol. The van der Waals surface area contributed by atoms with E-state index in [9.17, 15) is 14.7 Å². The Morgan fingerprint density at radius 1 is 1.39 bits per heavy atom. The summed E-state index contributed by atoms with van der Waals surface area (Å²) in [5, 5.41) is 11.9. The van der Waals surface area contributed by atoms with Crippen LogP contribution in [0.2, 0.25) is 0 Å². The number of amides is 2. The van der Waals surface area contributed by atoms with E-state index >= 15 is 0 Å². The number of carbonyl (C=O) groups excluding carboxylic acids is 2. The van der Waals surface area contributed by atoms with Crippen LogP contribution in [0, 0.1) is 0 Å². The van der Waals surface area contributed by atoms with Crippen LogP contribution in [-0.4, -0.2) is 46.4 Å². The number of carbonyl (C=O) groups is 2. The Hall–Kier alpha value is -2.11. The summed E-state index contributed by atoms with van der Waals surface area (Å²) in [6, 6.07) is 2.89. The van der Waals surface area contributed by atoms with Gasteiger partial charge in [-0.05, 0) is 26.0 Å². The van der Waals surface area contributed by atoms with Gasteiger partial charge in [0.1, 0.15) is 5.75 Å². The van der Waals surface area contributed by atoms with E-state index in [1.54, 1.807) is 4.90 Å². The van der Waals surface area contributed by atoms with E-state index in [1.165, 1.54) is 18.3 Å². The van der Waals surface area contributed by atoms with Crippen molar-refractivity contribution in [1.82, 2.24) is 15.2 Å². The quantitative estimate of drug-likeness (QED) is 0.792. The molecule has 0 unspecified atom stereocenters. The van der Waals surface area contributed by atoms with E-state index in [-0.39, 0.29) is 23.9 Å². The molecule has 1 aromatic rings. The van der Waals surface area contributed by atoms with Gasteiger partial charge >= 0.3 is 0 Å². The lowest BCUT2D eigenvalue weighted by Gasteiger charge is -2.18. The van der Waals surface area contributed by atoms with Gasteiger partial charge in [-0.3, -0.25) is 9.59 Å². The second-order valence-electron chi connectivity index (χ2n) is 3.62. The van der Waals surface area contributed by atoms with Crippen molar-refractivity contribution in [3.05, 3.63) is 24.0 Å². The average Bonchev–Trinajstić information content (AvgIpc) is 2.38. The average molecular weight is 251 g/mol. The fourth-order valence-electron chi connectivity index (χ4n) is 1.50. The van der Waals surface area contributed by atoms with Gasteiger partial charge in [-0.2, -0.15) is 0 Å². The van der Waals surface area contributed by atoms with Crippen LogP contribution in [0.3, 0.4) is 0 Å². The van der Waals surface area contributed by atoms with Crippen molar-refractivity contribution < 1.29 is 14.7 Å². The Bertz CT molecular complexity index is 430. The minimum atomic E-state index is -0.561. The van der Waals surface area contributed by atoms with Crippen LogP contribution in [-0.2, 0) is 4.79 Å². The number of likely N-dealkylation sites (N-methyl/N-ethyl adjacent to an activating group) is 1. The van der Waals surface area contributed by atoms with Crippen LogP contribution >= 0.6 is 0 Å². The predicted molar refractivity (Wildman–Crippen MR) is 66.2 cm³/mol. The molecular formula is C12H17N3O3. The molecule has 0 spiro atoms. The number of hydrogen-bond donors (Lipinski definition) is 2. The van der Waals surface area contributed by atoms with Crippen molar-refractivity contribution in [2.24, 2.45) is 0 Å². The molecule has 98 valence electrons. The normalized spacial score (nSPS) is 9.89. The van der Waals surface area contributed by atoms with Crippen molar-refractivity contribution in [1.29, 1.82) is 0 Å². The number of nitrogens with one attached hydrogen (secondary N) is 1. The van der Waals surface area contributed by atoms with Crippen LogP contribution in [0.4, 0.5) is 0 Å². The van der Waals surface area contributed by atoms with Crippen LogP contribution in [0.5, 0.6) is 5.75 Å². The molecule has 0 aliphatic carbocycles. The fourth-order valence-corrected chi connectivity index (χ4v) is 1.50. The van der Waals surface area contributed by atoms with Crippen LogP contribution in [0.1, 0.15) is 24.3 Å². The maximum Gasteiger partial charge on any atom is 0.274 e. The van der Waals surface area contributed by atoms with E-state index < -0.39 is 5.91 Å². The highest BCUT2D eigenvalue weighted by Crippen LogP contribution is 2.11. The van der Waals surface area contributed by atoms with Crippen molar-refractivity contribution in [3.8, 4) is 5.75 Å². The number of pyridine rings is 1. The van der Waals surface area contributed by atoms with Gasteiger partial charge in [0.05, 0.1) is 6.54 Å². The number of nitrogens with zero attached hydrogens (tertiary/aromatic N) is 2. The lowest BCUT2D eigenvalue weighted by Crippen LogP contribution is -2.40. The highest BCUT2D eigenvalue weighted by molar-refractivity contribution is 5.96. The molecular weight excluding hydrogens is 234 g/mol. The first-order valence-corrected chi connectivity index (χ1v) is 5.80. The molecule has 1 rings (SSSR count). The number of aromatic hydroxyl groups is 1. The fraction of sp³-hybridized carbons (Fsp3) is 0.417. The SMILES string of the molecule is CCN(CC)C(=O)CNC(=O)c1ncccc1O. The number of aromatic nitrogens is 1. The van der Waals surface area contributed by atoms with E-state index in [1.807, 2.05) is 13.8 Å². The first kappa shape index (κ1) is 14.0. The summed E-state index contributed by atoms with van der Waals surface area (Å²) >= 11 is 0. The topological polar surface area (TPSA) is 82.5 Å². The molecule has 18 heavy (non-hydrogen) atoms. The molecule has 6 nitrogen and oxygen atoms in total. The Kier molecular flexibility index (Phi) is 5.10. The largest absolute Gasteiger partial charge is 0.505 e. The molecule has 0 aliphatic rings. The molecule has 6 heteroatoms.